The van der Waals surface area contributed by atoms with Crippen LogP contribution in [0.15, 0.2) is 67.3 Å². The number of amides is 1. The van der Waals surface area contributed by atoms with Crippen molar-refractivity contribution in [2.24, 2.45) is 0 Å². The topological polar surface area (TPSA) is 46.9 Å². The number of aromatic nitrogens is 2. The van der Waals surface area contributed by atoms with Crippen LogP contribution in [0.4, 0.5) is 5.69 Å². The van der Waals surface area contributed by atoms with Crippen molar-refractivity contribution in [3.8, 4) is 11.1 Å². The van der Waals surface area contributed by atoms with E-state index in [1.807, 2.05) is 43.3 Å². The molecule has 2 aromatic carbocycles. The molecule has 0 aliphatic rings. The van der Waals surface area contributed by atoms with Crippen LogP contribution in [0.5, 0.6) is 0 Å². The Morgan fingerprint density at radius 1 is 1.18 bits per heavy atom. The van der Waals surface area contributed by atoms with Gasteiger partial charge in [0.15, 0.2) is 0 Å². The highest BCUT2D eigenvalue weighted by atomic mass is 16.1. The van der Waals surface area contributed by atoms with Gasteiger partial charge in [-0.2, -0.15) is 0 Å². The Morgan fingerprint density at radius 2 is 2.00 bits per heavy atom. The highest BCUT2D eigenvalue weighted by Gasteiger charge is 2.06. The molecule has 0 aliphatic heterocycles. The Kier molecular flexibility index (Phi) is 4.01. The molecular formula is C18H17N3O. The van der Waals surface area contributed by atoms with E-state index in [2.05, 4.69) is 22.4 Å². The minimum absolute atomic E-state index is 0.0649. The number of anilines is 1. The fraction of sp³-hybridized carbons (Fsp3) is 0.111. The smallest absolute Gasteiger partial charge is 0.244 e. The molecule has 3 aromatic rings. The average molecular weight is 291 g/mol. The van der Waals surface area contributed by atoms with Crippen molar-refractivity contribution in [2.75, 3.05) is 5.32 Å². The summed E-state index contributed by atoms with van der Waals surface area (Å²) < 4.78 is 1.74. The predicted molar refractivity (Wildman–Crippen MR) is 87.5 cm³/mol. The van der Waals surface area contributed by atoms with E-state index in [1.54, 1.807) is 23.3 Å². The van der Waals surface area contributed by atoms with E-state index >= 15 is 0 Å². The minimum atomic E-state index is -0.0649. The summed E-state index contributed by atoms with van der Waals surface area (Å²) in [7, 11) is 0. The second-order valence-electron chi connectivity index (χ2n) is 5.18. The summed E-state index contributed by atoms with van der Waals surface area (Å²) in [5.41, 5.74) is 4.29. The lowest BCUT2D eigenvalue weighted by Crippen LogP contribution is -2.17. The molecule has 1 N–H and O–H groups in total. The number of carbonyl (C=O) groups is 1. The summed E-state index contributed by atoms with van der Waals surface area (Å²) in [6.07, 6.45) is 5.05. The van der Waals surface area contributed by atoms with Crippen LogP contribution in [0.1, 0.15) is 5.56 Å². The van der Waals surface area contributed by atoms with Crippen molar-refractivity contribution in [3.05, 3.63) is 72.8 Å². The molecule has 0 atom stereocenters. The Morgan fingerprint density at radius 3 is 2.68 bits per heavy atom. The van der Waals surface area contributed by atoms with Gasteiger partial charge in [0.25, 0.3) is 0 Å². The van der Waals surface area contributed by atoms with Crippen LogP contribution in [0.3, 0.4) is 0 Å². The van der Waals surface area contributed by atoms with Gasteiger partial charge in [0.05, 0.1) is 6.33 Å². The molecule has 0 saturated carbocycles. The van der Waals surface area contributed by atoms with Gasteiger partial charge in [0, 0.05) is 18.1 Å². The zero-order valence-corrected chi connectivity index (χ0v) is 12.4. The van der Waals surface area contributed by atoms with Gasteiger partial charge < -0.3 is 9.88 Å². The van der Waals surface area contributed by atoms with Crippen LogP contribution in [-0.2, 0) is 11.3 Å². The van der Waals surface area contributed by atoms with Crippen molar-refractivity contribution in [1.82, 2.24) is 9.55 Å². The van der Waals surface area contributed by atoms with Crippen LogP contribution in [0, 0.1) is 6.92 Å². The van der Waals surface area contributed by atoms with E-state index in [1.165, 1.54) is 11.1 Å². The van der Waals surface area contributed by atoms with Gasteiger partial charge in [-0.3, -0.25) is 4.79 Å². The molecule has 0 saturated heterocycles. The third-order valence-electron chi connectivity index (χ3n) is 3.48. The monoisotopic (exact) mass is 291 g/mol. The Bertz CT molecular complexity index is 764. The number of imidazole rings is 1. The molecule has 4 heteroatoms. The van der Waals surface area contributed by atoms with Gasteiger partial charge >= 0.3 is 0 Å². The van der Waals surface area contributed by atoms with Gasteiger partial charge in [-0.1, -0.05) is 36.4 Å². The molecule has 0 unspecified atom stereocenters. The van der Waals surface area contributed by atoms with Crippen LogP contribution in [-0.4, -0.2) is 15.5 Å². The number of nitrogens with one attached hydrogen (secondary N) is 1. The van der Waals surface area contributed by atoms with E-state index < -0.39 is 0 Å². The van der Waals surface area contributed by atoms with Gasteiger partial charge in [0.1, 0.15) is 6.54 Å². The first kappa shape index (κ1) is 14.1. The quantitative estimate of drug-likeness (QED) is 0.799. The molecule has 1 heterocycles. The minimum Gasteiger partial charge on any atom is -0.328 e. The standard InChI is InChI=1S/C18H17N3O/c1-14-11-16(20-18(22)12-21-10-9-19-13-21)7-8-17(14)15-5-3-2-4-6-15/h2-11,13H,12H2,1H3,(H,20,22). The van der Waals surface area contributed by atoms with E-state index in [0.717, 1.165) is 11.3 Å². The number of aryl methyl sites for hydroxylation is 1. The van der Waals surface area contributed by atoms with Crippen LogP contribution in [0.25, 0.3) is 11.1 Å². The highest BCUT2D eigenvalue weighted by Crippen LogP contribution is 2.25. The van der Waals surface area contributed by atoms with Crippen LogP contribution >= 0.6 is 0 Å². The summed E-state index contributed by atoms with van der Waals surface area (Å²) in [6, 6.07) is 16.2. The van der Waals surface area contributed by atoms with Crippen molar-refractivity contribution >= 4 is 11.6 Å². The second kappa shape index (κ2) is 6.26. The van der Waals surface area contributed by atoms with Crippen LogP contribution in [0.2, 0.25) is 0 Å². The molecular weight excluding hydrogens is 274 g/mol. The highest BCUT2D eigenvalue weighted by molar-refractivity contribution is 5.91. The van der Waals surface area contributed by atoms with Crippen molar-refractivity contribution in [3.63, 3.8) is 0 Å². The van der Waals surface area contributed by atoms with Gasteiger partial charge in [-0.05, 0) is 35.7 Å². The number of carbonyl (C=O) groups excluding carboxylic acids is 1. The largest absolute Gasteiger partial charge is 0.328 e. The summed E-state index contributed by atoms with van der Waals surface area (Å²) in [4.78, 5) is 15.9. The number of hydrogen-bond acceptors (Lipinski definition) is 2. The fourth-order valence-electron chi connectivity index (χ4n) is 2.43. The molecule has 3 rings (SSSR count). The van der Waals surface area contributed by atoms with Crippen LogP contribution < -0.4 is 5.32 Å². The maximum absolute atomic E-state index is 12.0. The molecule has 4 nitrogen and oxygen atoms in total. The zero-order chi connectivity index (χ0) is 15.4. The lowest BCUT2D eigenvalue weighted by Gasteiger charge is -2.10. The van der Waals surface area contributed by atoms with E-state index in [-0.39, 0.29) is 12.5 Å². The van der Waals surface area contributed by atoms with E-state index in [4.69, 9.17) is 0 Å². The first-order valence-electron chi connectivity index (χ1n) is 7.14. The summed E-state index contributed by atoms with van der Waals surface area (Å²) >= 11 is 0. The zero-order valence-electron chi connectivity index (χ0n) is 12.4. The summed E-state index contributed by atoms with van der Waals surface area (Å²) in [6.45, 7) is 2.31. The van der Waals surface area contributed by atoms with Gasteiger partial charge in [0.2, 0.25) is 5.91 Å². The van der Waals surface area contributed by atoms with Gasteiger partial charge in [-0.15, -0.1) is 0 Å². The lowest BCUT2D eigenvalue weighted by molar-refractivity contribution is -0.116. The van der Waals surface area contributed by atoms with Gasteiger partial charge in [-0.25, -0.2) is 4.98 Å². The second-order valence-corrected chi connectivity index (χ2v) is 5.18. The average Bonchev–Trinajstić information content (AvgIpc) is 3.01. The summed E-state index contributed by atoms with van der Waals surface area (Å²) in [5, 5.41) is 2.91. The molecule has 1 amide bonds. The molecule has 0 bridgehead atoms. The SMILES string of the molecule is Cc1cc(NC(=O)Cn2ccnc2)ccc1-c1ccccc1. The van der Waals surface area contributed by atoms with E-state index in [0.29, 0.717) is 0 Å². The number of benzene rings is 2. The van der Waals surface area contributed by atoms with Crippen molar-refractivity contribution in [1.29, 1.82) is 0 Å². The molecule has 0 fully saturated rings. The Hall–Kier alpha value is -2.88. The third-order valence-corrected chi connectivity index (χ3v) is 3.48. The maximum atomic E-state index is 12.0. The Labute approximate surface area is 129 Å². The maximum Gasteiger partial charge on any atom is 0.244 e. The first-order valence-corrected chi connectivity index (χ1v) is 7.14. The molecule has 1 aromatic heterocycles. The summed E-state index contributed by atoms with van der Waals surface area (Å²) in [5.74, 6) is -0.0649. The molecule has 0 radical (unpaired) electrons. The fourth-order valence-corrected chi connectivity index (χ4v) is 2.43. The number of rotatable bonds is 4. The third kappa shape index (κ3) is 3.23. The predicted octanol–water partition coefficient (Wildman–Crippen LogP) is 3.50. The van der Waals surface area contributed by atoms with Crippen molar-refractivity contribution in [2.45, 2.75) is 13.5 Å². The number of nitrogens with zero attached hydrogens (tertiary/aromatic N) is 2. The Balaban J connectivity index is 1.73. The van der Waals surface area contributed by atoms with Crippen molar-refractivity contribution < 1.29 is 4.79 Å². The normalized spacial score (nSPS) is 10.4. The first-order chi connectivity index (χ1) is 10.7. The molecule has 22 heavy (non-hydrogen) atoms. The lowest BCUT2D eigenvalue weighted by atomic mass is 10.00. The molecule has 0 aliphatic carbocycles. The van der Waals surface area contributed by atoms with E-state index in [9.17, 15) is 4.79 Å². The number of hydrogen-bond donors (Lipinski definition) is 1. The molecule has 110 valence electrons. The molecule has 0 spiro atoms.